The average Bonchev–Trinajstić information content (AvgIpc) is 3.72. The van der Waals surface area contributed by atoms with Crippen LogP contribution in [0.5, 0.6) is 0 Å². The number of nitrogens with one attached hydrogen (secondary N) is 2. The molecule has 10 nitrogen and oxygen atoms in total. The Hall–Kier alpha value is -4.34. The van der Waals surface area contributed by atoms with Crippen LogP contribution < -0.4 is 10.6 Å². The van der Waals surface area contributed by atoms with E-state index in [1.54, 1.807) is 9.80 Å². The molecule has 48 heavy (non-hydrogen) atoms. The molecule has 0 radical (unpaired) electrons. The molecule has 6 amide bonds. The Bertz CT molecular complexity index is 1330. The van der Waals surface area contributed by atoms with Crippen LogP contribution in [0.3, 0.4) is 0 Å². The molecule has 2 atom stereocenters. The highest BCUT2D eigenvalue weighted by molar-refractivity contribution is 5.98. The summed E-state index contributed by atoms with van der Waals surface area (Å²) in [5.41, 5.74) is 3.31. The third-order valence-electron chi connectivity index (χ3n) is 9.09. The second-order valence-electron chi connectivity index (χ2n) is 14.0. The van der Waals surface area contributed by atoms with Crippen LogP contribution in [0, 0.1) is 0 Å². The normalized spacial score (nSPS) is 18.0. The lowest BCUT2D eigenvalue weighted by Crippen LogP contribution is -2.53. The topological polar surface area (TPSA) is 105 Å². The molecule has 4 rings (SSSR count). The standard InChI is InChI=1S/C38H54N6O4/c1-25(2)43(26(3)4)37(47)41-23-9-11-33(41)35(45)39-31-19-15-29(16-20-31)13-14-30-17-21-32(22-18-30)40-36(46)34-12-10-24-42(34)38(48)44(27(5)6)28(7)8/h13-22,25-28,33-34H,9-12,23-24H2,1-8H3,(H,39,45)(H,40,46)/t33-,34-/m0/s1. The van der Waals surface area contributed by atoms with Crippen LogP contribution in [0.15, 0.2) is 48.5 Å². The number of rotatable bonds is 10. The van der Waals surface area contributed by atoms with E-state index in [-0.39, 0.29) is 48.0 Å². The number of amides is 6. The zero-order valence-corrected chi connectivity index (χ0v) is 29.9. The molecule has 0 bridgehead atoms. The first-order valence-electron chi connectivity index (χ1n) is 17.5. The van der Waals surface area contributed by atoms with Gasteiger partial charge in [0.2, 0.25) is 11.8 Å². The van der Waals surface area contributed by atoms with Gasteiger partial charge in [0.15, 0.2) is 0 Å². The first-order chi connectivity index (χ1) is 22.8. The van der Waals surface area contributed by atoms with Gasteiger partial charge in [0, 0.05) is 48.6 Å². The van der Waals surface area contributed by atoms with E-state index in [1.807, 2.05) is 126 Å². The third kappa shape index (κ3) is 8.76. The van der Waals surface area contributed by atoms with E-state index in [4.69, 9.17) is 0 Å². The van der Waals surface area contributed by atoms with Gasteiger partial charge in [-0.05, 0) is 116 Å². The van der Waals surface area contributed by atoms with Crippen LogP contribution in [0.2, 0.25) is 0 Å². The van der Waals surface area contributed by atoms with Crippen molar-refractivity contribution in [3.63, 3.8) is 0 Å². The van der Waals surface area contributed by atoms with Crippen LogP contribution in [-0.4, -0.2) is 92.8 Å². The molecule has 260 valence electrons. The smallest absolute Gasteiger partial charge is 0.321 e. The van der Waals surface area contributed by atoms with E-state index in [0.29, 0.717) is 37.3 Å². The summed E-state index contributed by atoms with van der Waals surface area (Å²) in [5.74, 6) is -0.326. The first kappa shape index (κ1) is 36.5. The quantitative estimate of drug-likeness (QED) is 0.265. The molecule has 0 spiro atoms. The summed E-state index contributed by atoms with van der Waals surface area (Å²) in [4.78, 5) is 60.0. The molecule has 2 fully saturated rings. The third-order valence-corrected chi connectivity index (χ3v) is 9.09. The van der Waals surface area contributed by atoms with Gasteiger partial charge in [-0.1, -0.05) is 36.4 Å². The fraction of sp³-hybridized carbons (Fsp3) is 0.526. The second-order valence-corrected chi connectivity index (χ2v) is 14.0. The van der Waals surface area contributed by atoms with E-state index in [9.17, 15) is 19.2 Å². The molecule has 0 aliphatic carbocycles. The van der Waals surface area contributed by atoms with Crippen molar-refractivity contribution in [1.29, 1.82) is 0 Å². The van der Waals surface area contributed by atoms with Gasteiger partial charge in [-0.3, -0.25) is 9.59 Å². The summed E-state index contributed by atoms with van der Waals surface area (Å²) in [5, 5.41) is 6.00. The summed E-state index contributed by atoms with van der Waals surface area (Å²) < 4.78 is 0. The van der Waals surface area contributed by atoms with Crippen LogP contribution in [0.4, 0.5) is 21.0 Å². The lowest BCUT2D eigenvalue weighted by atomic mass is 10.1. The first-order valence-corrected chi connectivity index (χ1v) is 17.5. The molecule has 2 aliphatic rings. The molecule has 0 aromatic heterocycles. The number of benzene rings is 2. The van der Waals surface area contributed by atoms with Gasteiger partial charge in [-0.25, -0.2) is 9.59 Å². The maximum atomic E-state index is 13.3. The fourth-order valence-corrected chi connectivity index (χ4v) is 6.91. The SMILES string of the molecule is CC(C)N(C(=O)N1CCC[C@H]1C(=O)Nc1ccc(C=Cc2ccc(NC(=O)[C@@H]3CCCN3C(=O)N(C(C)C)C(C)C)cc2)cc1)C(C)C. The lowest BCUT2D eigenvalue weighted by molar-refractivity contribution is -0.120. The second kappa shape index (κ2) is 16.2. The minimum atomic E-state index is -0.482. The van der Waals surface area contributed by atoms with Crippen LogP contribution >= 0.6 is 0 Å². The summed E-state index contributed by atoms with van der Waals surface area (Å²) in [7, 11) is 0. The van der Waals surface area contributed by atoms with Gasteiger partial charge in [0.1, 0.15) is 12.1 Å². The molecule has 2 heterocycles. The number of carbonyl (C=O) groups excluding carboxylic acids is 4. The van der Waals surface area contributed by atoms with Gasteiger partial charge < -0.3 is 30.2 Å². The molecule has 0 saturated carbocycles. The highest BCUT2D eigenvalue weighted by atomic mass is 16.2. The number of carbonyl (C=O) groups is 4. The molecular weight excluding hydrogens is 604 g/mol. The van der Waals surface area contributed by atoms with Crippen molar-refractivity contribution in [3.05, 3.63) is 59.7 Å². The fourth-order valence-electron chi connectivity index (χ4n) is 6.91. The van der Waals surface area contributed by atoms with Crippen molar-refractivity contribution in [1.82, 2.24) is 19.6 Å². The molecule has 2 N–H and O–H groups in total. The Kier molecular flexibility index (Phi) is 12.3. The van der Waals surface area contributed by atoms with Gasteiger partial charge in [-0.2, -0.15) is 0 Å². The summed E-state index contributed by atoms with van der Waals surface area (Å²) in [6.45, 7) is 17.2. The Balaban J connectivity index is 1.31. The molecule has 10 heteroatoms. The van der Waals surface area contributed by atoms with E-state index >= 15 is 0 Å². The molecule has 2 aromatic rings. The van der Waals surface area contributed by atoms with Gasteiger partial charge in [0.05, 0.1) is 0 Å². The minimum absolute atomic E-state index is 0.0540. The molecule has 2 aromatic carbocycles. The van der Waals surface area contributed by atoms with E-state index in [0.717, 1.165) is 24.0 Å². The monoisotopic (exact) mass is 658 g/mol. The number of hydrogen-bond donors (Lipinski definition) is 2. The maximum absolute atomic E-state index is 13.3. The number of urea groups is 2. The molecule has 0 unspecified atom stereocenters. The van der Waals surface area contributed by atoms with Crippen molar-refractivity contribution in [2.75, 3.05) is 23.7 Å². The average molecular weight is 659 g/mol. The number of nitrogens with zero attached hydrogens (tertiary/aromatic N) is 4. The Labute approximate surface area is 286 Å². The molecule has 2 saturated heterocycles. The Morgan fingerprint density at radius 2 is 0.896 bits per heavy atom. The van der Waals surface area contributed by atoms with Crippen LogP contribution in [0.1, 0.15) is 92.2 Å². The summed E-state index contributed by atoms with van der Waals surface area (Å²) in [6, 6.07) is 14.3. The summed E-state index contributed by atoms with van der Waals surface area (Å²) >= 11 is 0. The van der Waals surface area contributed by atoms with E-state index in [1.165, 1.54) is 0 Å². The van der Waals surface area contributed by atoms with Crippen molar-refractivity contribution in [3.8, 4) is 0 Å². The molecule has 2 aliphatic heterocycles. The Morgan fingerprint density at radius 3 is 1.19 bits per heavy atom. The maximum Gasteiger partial charge on any atom is 0.321 e. The number of likely N-dealkylation sites (tertiary alicyclic amines) is 2. The number of hydrogen-bond acceptors (Lipinski definition) is 4. The molecular formula is C38H54N6O4. The van der Waals surface area contributed by atoms with Gasteiger partial charge >= 0.3 is 12.1 Å². The highest BCUT2D eigenvalue weighted by Crippen LogP contribution is 2.25. The minimum Gasteiger partial charge on any atom is -0.324 e. The van der Waals surface area contributed by atoms with Gasteiger partial charge in [-0.15, -0.1) is 0 Å². The predicted molar refractivity (Wildman–Crippen MR) is 194 cm³/mol. The van der Waals surface area contributed by atoms with E-state index in [2.05, 4.69) is 10.6 Å². The van der Waals surface area contributed by atoms with Crippen LogP contribution in [-0.2, 0) is 9.59 Å². The zero-order chi connectivity index (χ0) is 35.1. The van der Waals surface area contributed by atoms with Crippen molar-refractivity contribution >= 4 is 47.4 Å². The zero-order valence-electron chi connectivity index (χ0n) is 29.9. The number of anilines is 2. The van der Waals surface area contributed by atoms with E-state index < -0.39 is 12.1 Å². The largest absolute Gasteiger partial charge is 0.324 e. The lowest BCUT2D eigenvalue weighted by Gasteiger charge is -2.36. The van der Waals surface area contributed by atoms with Gasteiger partial charge in [0.25, 0.3) is 0 Å². The summed E-state index contributed by atoms with van der Waals surface area (Å²) in [6.07, 6.45) is 6.89. The predicted octanol–water partition coefficient (Wildman–Crippen LogP) is 7.14. The Morgan fingerprint density at radius 1 is 0.583 bits per heavy atom. The van der Waals surface area contributed by atoms with Crippen molar-refractivity contribution in [2.24, 2.45) is 0 Å². The highest BCUT2D eigenvalue weighted by Gasteiger charge is 2.39. The van der Waals surface area contributed by atoms with Crippen molar-refractivity contribution < 1.29 is 19.2 Å². The van der Waals surface area contributed by atoms with Crippen LogP contribution in [0.25, 0.3) is 12.2 Å². The van der Waals surface area contributed by atoms with Crippen molar-refractivity contribution in [2.45, 2.75) is 117 Å².